The van der Waals surface area contributed by atoms with Crippen molar-refractivity contribution in [3.05, 3.63) is 10.4 Å². The number of halogens is 1. The van der Waals surface area contributed by atoms with Gasteiger partial charge in [-0.25, -0.2) is 4.57 Å². The van der Waals surface area contributed by atoms with E-state index < -0.39 is 37.9 Å². The Morgan fingerprint density at radius 3 is 2.89 bits per heavy atom. The van der Waals surface area contributed by atoms with Crippen molar-refractivity contribution in [1.82, 2.24) is 0 Å². The lowest BCUT2D eigenvalue weighted by Gasteiger charge is -2.25. The van der Waals surface area contributed by atoms with Crippen LogP contribution in [0.2, 0.25) is 0 Å². The van der Waals surface area contributed by atoms with Gasteiger partial charge in [0.1, 0.15) is 14.0 Å². The van der Waals surface area contributed by atoms with Crippen molar-refractivity contribution in [3.63, 3.8) is 0 Å². The van der Waals surface area contributed by atoms with Crippen LogP contribution < -0.4 is 0 Å². The molecule has 2 heterocycles. The molecule has 0 aliphatic carbocycles. The fraction of sp³-hybridized carbons (Fsp3) is 0.714. The van der Waals surface area contributed by atoms with Gasteiger partial charge in [-0.2, -0.15) is 0 Å². The van der Waals surface area contributed by atoms with Gasteiger partial charge in [-0.1, -0.05) is 5.11 Å². The van der Waals surface area contributed by atoms with Gasteiger partial charge in [0.15, 0.2) is 11.3 Å². The monoisotopic (exact) mass is 305 g/mol. The minimum Gasteiger partial charge on any atom is -0.393 e. The number of aliphatic hydroxyl groups excluding tert-OH is 1. The molecule has 2 saturated heterocycles. The zero-order valence-electron chi connectivity index (χ0n) is 9.13. The van der Waals surface area contributed by atoms with Crippen molar-refractivity contribution in [2.24, 2.45) is 5.11 Å². The van der Waals surface area contributed by atoms with Gasteiger partial charge in [0.05, 0.1) is 12.6 Å². The van der Waals surface area contributed by atoms with E-state index in [4.69, 9.17) is 38.8 Å². The fourth-order valence-corrected chi connectivity index (χ4v) is 3.40. The average Bonchev–Trinajstić information content (AvgIpc) is 2.71. The molecular weight excluding hydrogens is 299 g/mol. The quantitative estimate of drug-likeness (QED) is 0.184. The van der Waals surface area contributed by atoms with E-state index in [9.17, 15) is 14.6 Å². The number of ether oxygens (including phenoxy) is 1. The molecule has 0 bridgehead atoms. The number of phosphoric acid groups is 1. The zero-order valence-corrected chi connectivity index (χ0v) is 10.8. The maximum absolute atomic E-state index is 11.5. The smallest absolute Gasteiger partial charge is 0.393 e. The van der Waals surface area contributed by atoms with Crippen LogP contribution in [-0.2, 0) is 18.3 Å². The summed E-state index contributed by atoms with van der Waals surface area (Å²) >= 11 is 5.27. The summed E-state index contributed by atoms with van der Waals surface area (Å²) in [7, 11) is 1.14. The summed E-state index contributed by atoms with van der Waals surface area (Å²) in [6.07, 6.45) is -1.50. The highest BCUT2D eigenvalue weighted by Crippen LogP contribution is 2.63. The molecule has 9 nitrogen and oxygen atoms in total. The van der Waals surface area contributed by atoms with Gasteiger partial charge < -0.3 is 14.7 Å². The second kappa shape index (κ2) is 4.67. The van der Waals surface area contributed by atoms with Gasteiger partial charge in [0, 0.05) is 10.3 Å². The maximum atomic E-state index is 11.5. The van der Waals surface area contributed by atoms with Crippen LogP contribution in [0.3, 0.4) is 0 Å². The number of azide groups is 1. The van der Waals surface area contributed by atoms with Crippen LogP contribution in [0.1, 0.15) is 0 Å². The molecule has 0 amide bonds. The highest BCUT2D eigenvalue weighted by Gasteiger charge is 2.71. The van der Waals surface area contributed by atoms with Crippen molar-refractivity contribution in [2.75, 3.05) is 6.61 Å². The van der Waals surface area contributed by atoms with E-state index in [-0.39, 0.29) is 0 Å². The first-order chi connectivity index (χ1) is 8.86. The lowest BCUT2D eigenvalue weighted by Crippen LogP contribution is -2.49. The number of nitrogens with zero attached hydrogens (tertiary/aromatic N) is 3. The third-order valence-electron chi connectivity index (χ3n) is 2.74. The topological polar surface area (TPSA) is 134 Å². The molecule has 2 aliphatic heterocycles. The van der Waals surface area contributed by atoms with Gasteiger partial charge in [0.25, 0.3) is 0 Å². The fourth-order valence-electron chi connectivity index (χ4n) is 2.00. The third-order valence-corrected chi connectivity index (χ3v) is 3.85. The molecule has 2 rings (SSSR count). The van der Waals surface area contributed by atoms with E-state index in [1.807, 2.05) is 5.38 Å². The van der Waals surface area contributed by atoms with Crippen molar-refractivity contribution in [3.8, 4) is 11.3 Å². The molecule has 100 valence electrons. The first-order valence-electron chi connectivity index (χ1n) is 4.81. The Hall–Kier alpha value is -0.745. The standard InChI is InChI=1S/C7H6BClN3O6P/c8-5-6(1-2-9)4(17-19(14,15)18-6)7(3-13,16-5)11-12-10/h4-5,13H,3H2,(H,14,15)/t4?,5-,6?,7-/m1/s1. The van der Waals surface area contributed by atoms with Gasteiger partial charge in [-0.15, -0.1) is 0 Å². The van der Waals surface area contributed by atoms with Crippen LogP contribution in [-0.4, -0.2) is 47.9 Å². The molecule has 19 heavy (non-hydrogen) atoms. The molecule has 2 aliphatic rings. The average molecular weight is 305 g/mol. The molecule has 0 aromatic heterocycles. The van der Waals surface area contributed by atoms with E-state index in [1.165, 1.54) is 0 Å². The van der Waals surface area contributed by atoms with Crippen molar-refractivity contribution in [2.45, 2.75) is 23.4 Å². The first-order valence-corrected chi connectivity index (χ1v) is 6.68. The molecule has 5 atom stereocenters. The highest BCUT2D eigenvalue weighted by molar-refractivity contribution is 7.47. The van der Waals surface area contributed by atoms with Gasteiger partial charge in [-0.05, 0) is 23.1 Å². The van der Waals surface area contributed by atoms with E-state index in [1.54, 1.807) is 0 Å². The predicted octanol–water partition coefficient (Wildman–Crippen LogP) is -0.0356. The number of phosphoric ester groups is 1. The summed E-state index contributed by atoms with van der Waals surface area (Å²) < 4.78 is 26.2. The number of hydrogen-bond donors (Lipinski definition) is 2. The molecule has 2 fully saturated rings. The number of fused-ring (bicyclic) bond motifs is 1. The minimum absolute atomic E-state index is 0.857. The Morgan fingerprint density at radius 1 is 1.68 bits per heavy atom. The van der Waals surface area contributed by atoms with Crippen molar-refractivity contribution < 1.29 is 28.3 Å². The van der Waals surface area contributed by atoms with Crippen LogP contribution in [0.25, 0.3) is 10.4 Å². The lowest BCUT2D eigenvalue weighted by atomic mass is 9.80. The SMILES string of the molecule is [B][C@@H]1O[C@@](CO)(N=[N+]=[N-])C2OP(=O)(O)OC21C#CCl. The van der Waals surface area contributed by atoms with E-state index in [0.717, 1.165) is 0 Å². The largest absolute Gasteiger partial charge is 0.474 e. The van der Waals surface area contributed by atoms with E-state index in [0.29, 0.717) is 0 Å². The summed E-state index contributed by atoms with van der Waals surface area (Å²) in [6.45, 7) is -0.857. The van der Waals surface area contributed by atoms with Crippen LogP contribution in [0.5, 0.6) is 0 Å². The molecule has 12 heteroatoms. The summed E-state index contributed by atoms with van der Waals surface area (Å²) in [5.41, 5.74) is 4.57. The molecule has 0 aromatic carbocycles. The van der Waals surface area contributed by atoms with Crippen LogP contribution in [0.4, 0.5) is 0 Å². The molecule has 0 saturated carbocycles. The molecule has 2 N–H and O–H groups in total. The van der Waals surface area contributed by atoms with Gasteiger partial charge >= 0.3 is 7.82 Å². The third kappa shape index (κ3) is 2.05. The molecule has 2 radical (unpaired) electrons. The summed E-state index contributed by atoms with van der Waals surface area (Å²) in [5, 5.41) is 14.5. The Labute approximate surface area is 113 Å². The second-order valence-electron chi connectivity index (χ2n) is 3.79. The van der Waals surface area contributed by atoms with Gasteiger partial charge in [-0.3, -0.25) is 9.05 Å². The molecule has 0 aromatic rings. The Bertz CT molecular complexity index is 561. The van der Waals surface area contributed by atoms with Crippen LogP contribution in [0.15, 0.2) is 5.11 Å². The number of aliphatic hydroxyl groups is 1. The Kier molecular flexibility index (Phi) is 3.60. The van der Waals surface area contributed by atoms with Gasteiger partial charge in [0.2, 0.25) is 0 Å². The Balaban J connectivity index is 2.60. The molecule has 3 unspecified atom stereocenters. The normalized spacial score (nSPS) is 47.9. The lowest BCUT2D eigenvalue weighted by molar-refractivity contribution is -0.0877. The van der Waals surface area contributed by atoms with E-state index >= 15 is 0 Å². The second-order valence-corrected chi connectivity index (χ2v) is 5.31. The maximum Gasteiger partial charge on any atom is 0.474 e. The molecular formula is C7H6BClN3O6P. The number of rotatable bonds is 2. The van der Waals surface area contributed by atoms with Crippen LogP contribution in [0, 0.1) is 11.3 Å². The summed E-state index contributed by atoms with van der Waals surface area (Å²) in [5.74, 6) is 2.26. The molecule has 0 spiro atoms. The summed E-state index contributed by atoms with van der Waals surface area (Å²) in [4.78, 5) is 11.9. The highest BCUT2D eigenvalue weighted by atomic mass is 35.5. The Morgan fingerprint density at radius 2 is 2.37 bits per heavy atom. The van der Waals surface area contributed by atoms with Crippen molar-refractivity contribution >= 4 is 27.3 Å². The number of hydrogen-bond acceptors (Lipinski definition) is 6. The predicted molar refractivity (Wildman–Crippen MR) is 61.7 cm³/mol. The zero-order chi connectivity index (χ0) is 14.3. The first kappa shape index (κ1) is 14.7. The van der Waals surface area contributed by atoms with Crippen molar-refractivity contribution in [1.29, 1.82) is 0 Å². The minimum atomic E-state index is -4.49. The summed E-state index contributed by atoms with van der Waals surface area (Å²) in [6, 6.07) is -1.41. The van der Waals surface area contributed by atoms with E-state index in [2.05, 4.69) is 15.9 Å². The van der Waals surface area contributed by atoms with Crippen LogP contribution >= 0.6 is 19.4 Å².